The molecule has 1 aliphatic heterocycles. The Hall–Kier alpha value is -1.30. The molecule has 126 valence electrons. The predicted molar refractivity (Wildman–Crippen MR) is 96.6 cm³/mol. The number of rotatable bonds is 3. The first-order chi connectivity index (χ1) is 11.3. The normalized spacial score (nSPS) is 32.5. The third kappa shape index (κ3) is 2.11. The van der Waals surface area contributed by atoms with Crippen LogP contribution in [0, 0.1) is 0 Å². The number of hydrogen-bond acceptors (Lipinski definition) is 3. The third-order valence-corrected chi connectivity index (χ3v) is 6.54. The SMILES string of the molecule is C=CC1=CC[C@@]2(Cl)C(=O)N(CBr)C(=O)[C@@]2(Cl)[C@H]1c1cccc(O)c1. The number of carbonyl (C=O) groups is 2. The van der Waals surface area contributed by atoms with E-state index in [1.165, 1.54) is 12.1 Å². The summed E-state index contributed by atoms with van der Waals surface area (Å²) in [7, 11) is 0. The zero-order valence-electron chi connectivity index (χ0n) is 12.5. The van der Waals surface area contributed by atoms with Crippen molar-refractivity contribution in [3.8, 4) is 5.75 Å². The van der Waals surface area contributed by atoms with Crippen molar-refractivity contribution < 1.29 is 14.7 Å². The molecular formula is C17H14BrCl2NO3. The summed E-state index contributed by atoms with van der Waals surface area (Å²) >= 11 is 16.6. The summed E-state index contributed by atoms with van der Waals surface area (Å²) < 4.78 is 0. The van der Waals surface area contributed by atoms with E-state index in [-0.39, 0.29) is 17.6 Å². The van der Waals surface area contributed by atoms with Gasteiger partial charge in [0.25, 0.3) is 11.8 Å². The van der Waals surface area contributed by atoms with Crippen LogP contribution in [0.2, 0.25) is 0 Å². The molecule has 2 amide bonds. The number of hydrogen-bond donors (Lipinski definition) is 1. The first-order valence-electron chi connectivity index (χ1n) is 7.23. The molecule has 7 heteroatoms. The van der Waals surface area contributed by atoms with E-state index in [0.717, 1.165) is 4.90 Å². The van der Waals surface area contributed by atoms with E-state index in [2.05, 4.69) is 22.5 Å². The molecule has 0 bridgehead atoms. The van der Waals surface area contributed by atoms with Crippen LogP contribution >= 0.6 is 39.1 Å². The topological polar surface area (TPSA) is 57.6 Å². The Morgan fingerprint density at radius 2 is 2.08 bits per heavy atom. The lowest BCUT2D eigenvalue weighted by Gasteiger charge is -2.42. The summed E-state index contributed by atoms with van der Waals surface area (Å²) in [6, 6.07) is 6.43. The van der Waals surface area contributed by atoms with E-state index in [4.69, 9.17) is 23.2 Å². The fraction of sp³-hybridized carbons (Fsp3) is 0.294. The molecule has 0 saturated carbocycles. The standard InChI is InChI=1S/C17H14BrCl2NO3/c1-2-10-6-7-16(19)14(23)21(9-18)15(24)17(16,20)13(10)11-4-3-5-12(22)8-11/h2-6,8,13,22H,1,7,9H2/t13-,16-,17+/m1/s1. The van der Waals surface area contributed by atoms with Gasteiger partial charge in [-0.25, -0.2) is 0 Å². The molecule has 1 aromatic rings. The molecule has 0 aromatic heterocycles. The summed E-state index contributed by atoms with van der Waals surface area (Å²) in [6.07, 6.45) is 3.50. The molecule has 1 saturated heterocycles. The van der Waals surface area contributed by atoms with E-state index < -0.39 is 27.5 Å². The van der Waals surface area contributed by atoms with Crippen molar-refractivity contribution in [3.63, 3.8) is 0 Å². The molecule has 3 atom stereocenters. The van der Waals surface area contributed by atoms with Crippen LogP contribution in [0.15, 0.2) is 48.6 Å². The molecule has 1 aromatic carbocycles. The number of alkyl halides is 3. The van der Waals surface area contributed by atoms with Gasteiger partial charge in [-0.3, -0.25) is 14.5 Å². The number of amides is 2. The minimum absolute atomic E-state index is 0.0176. The van der Waals surface area contributed by atoms with Gasteiger partial charge < -0.3 is 5.11 Å². The van der Waals surface area contributed by atoms with Crippen LogP contribution in [0.25, 0.3) is 0 Å². The van der Waals surface area contributed by atoms with Crippen molar-refractivity contribution in [1.29, 1.82) is 0 Å². The highest BCUT2D eigenvalue weighted by atomic mass is 79.9. The van der Waals surface area contributed by atoms with Crippen LogP contribution in [0.5, 0.6) is 5.75 Å². The maximum Gasteiger partial charge on any atom is 0.254 e. The third-order valence-electron chi connectivity index (χ3n) is 4.63. The molecule has 24 heavy (non-hydrogen) atoms. The van der Waals surface area contributed by atoms with Crippen LogP contribution in [0.4, 0.5) is 0 Å². The second-order valence-corrected chi connectivity index (χ2v) is 7.55. The van der Waals surface area contributed by atoms with E-state index >= 15 is 0 Å². The number of carbonyl (C=O) groups excluding carboxylic acids is 2. The maximum atomic E-state index is 13.0. The van der Waals surface area contributed by atoms with Gasteiger partial charge in [-0.1, -0.05) is 46.8 Å². The molecule has 2 aliphatic rings. The maximum absolute atomic E-state index is 13.0. The van der Waals surface area contributed by atoms with Gasteiger partial charge in [-0.05, 0) is 29.7 Å². The molecule has 1 fully saturated rings. The van der Waals surface area contributed by atoms with Crippen molar-refractivity contribution in [3.05, 3.63) is 54.1 Å². The minimum Gasteiger partial charge on any atom is -0.508 e. The number of aromatic hydroxyl groups is 1. The summed E-state index contributed by atoms with van der Waals surface area (Å²) in [5.74, 6) is -1.74. The minimum atomic E-state index is -1.69. The van der Waals surface area contributed by atoms with Crippen LogP contribution in [-0.2, 0) is 9.59 Å². The summed E-state index contributed by atoms with van der Waals surface area (Å²) in [4.78, 5) is 23.4. The number of halogens is 3. The Morgan fingerprint density at radius 3 is 2.67 bits per heavy atom. The molecule has 1 N–H and O–H groups in total. The van der Waals surface area contributed by atoms with Crippen LogP contribution < -0.4 is 0 Å². The Morgan fingerprint density at radius 1 is 1.38 bits per heavy atom. The summed E-state index contributed by atoms with van der Waals surface area (Å²) in [6.45, 7) is 3.78. The second-order valence-electron chi connectivity index (χ2n) is 5.81. The highest BCUT2D eigenvalue weighted by molar-refractivity contribution is 9.09. The molecule has 3 rings (SSSR count). The predicted octanol–water partition coefficient (Wildman–Crippen LogP) is 3.67. The number of likely N-dealkylation sites (tertiary alicyclic amines) is 1. The van der Waals surface area contributed by atoms with Gasteiger partial charge in [-0.2, -0.15) is 0 Å². The van der Waals surface area contributed by atoms with Gasteiger partial charge in [0.05, 0.1) is 5.45 Å². The smallest absolute Gasteiger partial charge is 0.254 e. The average Bonchev–Trinajstić information content (AvgIpc) is 2.71. The van der Waals surface area contributed by atoms with E-state index in [0.29, 0.717) is 11.1 Å². The molecule has 1 aliphatic carbocycles. The number of imide groups is 1. The highest BCUT2D eigenvalue weighted by Crippen LogP contribution is 2.59. The molecule has 0 spiro atoms. The van der Waals surface area contributed by atoms with E-state index in [1.807, 2.05) is 0 Å². The van der Waals surface area contributed by atoms with Crippen molar-refractivity contribution in [1.82, 2.24) is 4.90 Å². The zero-order valence-corrected chi connectivity index (χ0v) is 15.6. The molecule has 4 nitrogen and oxygen atoms in total. The molecule has 1 heterocycles. The number of benzene rings is 1. The Kier molecular flexibility index (Phi) is 4.31. The fourth-order valence-electron chi connectivity index (χ4n) is 3.46. The second kappa shape index (κ2) is 5.90. The molecular weight excluding hydrogens is 417 g/mol. The Labute approximate surface area is 157 Å². The van der Waals surface area contributed by atoms with E-state index in [9.17, 15) is 14.7 Å². The zero-order chi connectivity index (χ0) is 17.7. The van der Waals surface area contributed by atoms with E-state index in [1.54, 1.807) is 24.3 Å². The highest BCUT2D eigenvalue weighted by Gasteiger charge is 2.72. The fourth-order valence-corrected chi connectivity index (χ4v) is 4.79. The first kappa shape index (κ1) is 17.5. The van der Waals surface area contributed by atoms with Crippen molar-refractivity contribution >= 4 is 50.9 Å². The van der Waals surface area contributed by atoms with Gasteiger partial charge in [0.1, 0.15) is 5.75 Å². The lowest BCUT2D eigenvalue weighted by molar-refractivity contribution is -0.138. The Bertz CT molecular complexity index is 781. The average molecular weight is 431 g/mol. The number of allylic oxidation sites excluding steroid dienone is 3. The Balaban J connectivity index is 2.27. The first-order valence-corrected chi connectivity index (χ1v) is 9.10. The largest absolute Gasteiger partial charge is 0.508 e. The van der Waals surface area contributed by atoms with Gasteiger partial charge in [-0.15, -0.1) is 23.2 Å². The quantitative estimate of drug-likeness (QED) is 0.452. The lowest BCUT2D eigenvalue weighted by Crippen LogP contribution is -2.54. The van der Waals surface area contributed by atoms with Crippen molar-refractivity contribution in [2.24, 2.45) is 0 Å². The lowest BCUT2D eigenvalue weighted by atomic mass is 9.68. The van der Waals surface area contributed by atoms with Crippen molar-refractivity contribution in [2.75, 3.05) is 5.45 Å². The number of phenolic OH excluding ortho intramolecular Hbond substituents is 1. The summed E-state index contributed by atoms with van der Waals surface area (Å²) in [5.41, 5.74) is 1.31. The van der Waals surface area contributed by atoms with Crippen LogP contribution in [0.1, 0.15) is 17.9 Å². The van der Waals surface area contributed by atoms with Gasteiger partial charge in [0.15, 0.2) is 9.75 Å². The van der Waals surface area contributed by atoms with Crippen LogP contribution in [0.3, 0.4) is 0 Å². The molecule has 0 radical (unpaired) electrons. The van der Waals surface area contributed by atoms with Gasteiger partial charge in [0, 0.05) is 5.92 Å². The monoisotopic (exact) mass is 429 g/mol. The molecule has 0 unspecified atom stereocenters. The van der Waals surface area contributed by atoms with Crippen LogP contribution in [-0.4, -0.2) is 37.0 Å². The van der Waals surface area contributed by atoms with Crippen molar-refractivity contribution in [2.45, 2.75) is 22.1 Å². The van der Waals surface area contributed by atoms with Gasteiger partial charge >= 0.3 is 0 Å². The number of fused-ring (bicyclic) bond motifs is 1. The van der Waals surface area contributed by atoms with Gasteiger partial charge in [0.2, 0.25) is 0 Å². The summed E-state index contributed by atoms with van der Waals surface area (Å²) in [5, 5.41) is 9.82. The number of phenols is 1. The number of nitrogens with zero attached hydrogens (tertiary/aromatic N) is 1.